The number of rotatable bonds is 1. The maximum atomic E-state index is 12.0. The summed E-state index contributed by atoms with van der Waals surface area (Å²) in [6.45, 7) is 11.0. The second-order valence-electron chi connectivity index (χ2n) is 6.95. The highest BCUT2D eigenvalue weighted by Crippen LogP contribution is 2.54. The first kappa shape index (κ1) is 12.9. The fraction of sp³-hybridized carbons (Fsp3) is 0.812. The molecule has 96 valence electrons. The SMILES string of the molecule is CC(=O)[C@]1(C)CCC2=C([C@H]1C)C(C)(C)CCC2. The first-order valence-electron chi connectivity index (χ1n) is 7.02. The highest BCUT2D eigenvalue weighted by atomic mass is 16.1. The van der Waals surface area contributed by atoms with Crippen LogP contribution in [0.2, 0.25) is 0 Å². The Hall–Kier alpha value is -0.590. The summed E-state index contributed by atoms with van der Waals surface area (Å²) in [6, 6.07) is 0. The summed E-state index contributed by atoms with van der Waals surface area (Å²) >= 11 is 0. The van der Waals surface area contributed by atoms with E-state index in [-0.39, 0.29) is 5.41 Å². The number of allylic oxidation sites excluding steroid dienone is 2. The molecule has 2 rings (SSSR count). The minimum Gasteiger partial charge on any atom is -0.299 e. The van der Waals surface area contributed by atoms with Crippen LogP contribution in [0.5, 0.6) is 0 Å². The average Bonchev–Trinajstić information content (AvgIpc) is 2.22. The lowest BCUT2D eigenvalue weighted by molar-refractivity contribution is -0.128. The Labute approximate surface area is 106 Å². The van der Waals surface area contributed by atoms with Crippen molar-refractivity contribution in [2.24, 2.45) is 16.7 Å². The standard InChI is InChI=1S/C16H26O/c1-11-14-13(7-6-9-15(14,3)4)8-10-16(11,5)12(2)17/h11H,6-10H2,1-5H3/t11-,16-/m1/s1. The lowest BCUT2D eigenvalue weighted by atomic mass is 9.55. The number of hydrogen-bond acceptors (Lipinski definition) is 1. The monoisotopic (exact) mass is 234 g/mol. The van der Waals surface area contributed by atoms with Gasteiger partial charge < -0.3 is 0 Å². The molecular formula is C16H26O. The van der Waals surface area contributed by atoms with Gasteiger partial charge in [-0.15, -0.1) is 0 Å². The molecule has 0 radical (unpaired) electrons. The summed E-state index contributed by atoms with van der Waals surface area (Å²) in [6.07, 6.45) is 6.09. The van der Waals surface area contributed by atoms with Crippen LogP contribution < -0.4 is 0 Å². The van der Waals surface area contributed by atoms with Crippen molar-refractivity contribution in [3.8, 4) is 0 Å². The Morgan fingerprint density at radius 3 is 2.41 bits per heavy atom. The van der Waals surface area contributed by atoms with Gasteiger partial charge in [0.1, 0.15) is 5.78 Å². The predicted octanol–water partition coefficient (Wildman–Crippen LogP) is 4.52. The van der Waals surface area contributed by atoms with Crippen LogP contribution in [-0.2, 0) is 4.79 Å². The van der Waals surface area contributed by atoms with Gasteiger partial charge in [0.05, 0.1) is 0 Å². The molecule has 0 amide bonds. The molecule has 0 spiro atoms. The molecule has 0 aromatic rings. The Morgan fingerprint density at radius 2 is 1.82 bits per heavy atom. The van der Waals surface area contributed by atoms with Crippen molar-refractivity contribution in [1.29, 1.82) is 0 Å². The second-order valence-corrected chi connectivity index (χ2v) is 6.95. The lowest BCUT2D eigenvalue weighted by Crippen LogP contribution is -2.42. The number of Topliss-reactive ketones (excluding diaryl/α,β-unsaturated/α-hetero) is 1. The molecule has 0 aromatic heterocycles. The summed E-state index contributed by atoms with van der Waals surface area (Å²) in [5.74, 6) is 0.803. The topological polar surface area (TPSA) is 17.1 Å². The Kier molecular flexibility index (Phi) is 3.00. The molecule has 17 heavy (non-hydrogen) atoms. The van der Waals surface area contributed by atoms with Crippen LogP contribution in [0.25, 0.3) is 0 Å². The van der Waals surface area contributed by atoms with Crippen LogP contribution in [0, 0.1) is 16.7 Å². The quantitative estimate of drug-likeness (QED) is 0.610. The molecule has 0 bridgehead atoms. The summed E-state index contributed by atoms with van der Waals surface area (Å²) in [5.41, 5.74) is 3.48. The van der Waals surface area contributed by atoms with E-state index >= 15 is 0 Å². The zero-order chi connectivity index (χ0) is 12.8. The smallest absolute Gasteiger partial charge is 0.136 e. The van der Waals surface area contributed by atoms with Gasteiger partial charge in [0.2, 0.25) is 0 Å². The molecule has 2 aliphatic carbocycles. The van der Waals surface area contributed by atoms with Crippen molar-refractivity contribution < 1.29 is 4.79 Å². The van der Waals surface area contributed by atoms with E-state index in [1.165, 1.54) is 19.3 Å². The van der Waals surface area contributed by atoms with Crippen molar-refractivity contribution in [2.45, 2.75) is 66.7 Å². The molecule has 0 aromatic carbocycles. The summed E-state index contributed by atoms with van der Waals surface area (Å²) < 4.78 is 0. The van der Waals surface area contributed by atoms with Crippen LogP contribution >= 0.6 is 0 Å². The fourth-order valence-electron chi connectivity index (χ4n) is 4.07. The van der Waals surface area contributed by atoms with Crippen LogP contribution in [0.15, 0.2) is 11.1 Å². The lowest BCUT2D eigenvalue weighted by Gasteiger charge is -2.48. The van der Waals surface area contributed by atoms with E-state index in [0.29, 0.717) is 17.1 Å². The first-order valence-corrected chi connectivity index (χ1v) is 7.02. The molecule has 1 nitrogen and oxygen atoms in total. The molecule has 0 saturated carbocycles. The van der Waals surface area contributed by atoms with E-state index in [4.69, 9.17) is 0 Å². The van der Waals surface area contributed by atoms with Crippen LogP contribution in [0.3, 0.4) is 0 Å². The van der Waals surface area contributed by atoms with Gasteiger partial charge in [0.15, 0.2) is 0 Å². The van der Waals surface area contributed by atoms with Crippen LogP contribution in [0.4, 0.5) is 0 Å². The van der Waals surface area contributed by atoms with E-state index in [1.807, 2.05) is 0 Å². The van der Waals surface area contributed by atoms with Gasteiger partial charge in [0.25, 0.3) is 0 Å². The summed E-state index contributed by atoms with van der Waals surface area (Å²) in [7, 11) is 0. The summed E-state index contributed by atoms with van der Waals surface area (Å²) in [4.78, 5) is 12.0. The third-order valence-corrected chi connectivity index (χ3v) is 5.53. The number of carbonyl (C=O) groups is 1. The zero-order valence-corrected chi connectivity index (χ0v) is 12.0. The van der Waals surface area contributed by atoms with Gasteiger partial charge in [-0.2, -0.15) is 0 Å². The highest BCUT2D eigenvalue weighted by molar-refractivity contribution is 5.83. The minimum atomic E-state index is -0.118. The zero-order valence-electron chi connectivity index (χ0n) is 12.0. The van der Waals surface area contributed by atoms with Gasteiger partial charge in [-0.1, -0.05) is 38.8 Å². The maximum absolute atomic E-state index is 12.0. The Bertz CT molecular complexity index is 375. The fourth-order valence-corrected chi connectivity index (χ4v) is 4.07. The van der Waals surface area contributed by atoms with Gasteiger partial charge in [-0.3, -0.25) is 4.79 Å². The van der Waals surface area contributed by atoms with Gasteiger partial charge in [-0.05, 0) is 50.4 Å². The Balaban J connectivity index is 2.45. The van der Waals surface area contributed by atoms with Crippen molar-refractivity contribution in [3.63, 3.8) is 0 Å². The maximum Gasteiger partial charge on any atom is 0.136 e. The van der Waals surface area contributed by atoms with E-state index in [9.17, 15) is 4.79 Å². The van der Waals surface area contributed by atoms with E-state index in [0.717, 1.165) is 12.8 Å². The number of hydrogen-bond donors (Lipinski definition) is 0. The van der Waals surface area contributed by atoms with E-state index in [1.54, 1.807) is 18.1 Å². The van der Waals surface area contributed by atoms with Gasteiger partial charge >= 0.3 is 0 Å². The van der Waals surface area contributed by atoms with Crippen molar-refractivity contribution in [3.05, 3.63) is 11.1 Å². The van der Waals surface area contributed by atoms with E-state index < -0.39 is 0 Å². The molecule has 0 aliphatic heterocycles. The molecule has 2 atom stereocenters. The minimum absolute atomic E-state index is 0.118. The molecule has 0 fully saturated rings. The molecule has 0 unspecified atom stereocenters. The Morgan fingerprint density at radius 1 is 1.18 bits per heavy atom. The predicted molar refractivity (Wildman–Crippen MR) is 71.8 cm³/mol. The summed E-state index contributed by atoms with van der Waals surface area (Å²) in [5, 5.41) is 0. The number of carbonyl (C=O) groups excluding carboxylic acids is 1. The largest absolute Gasteiger partial charge is 0.299 e. The van der Waals surface area contributed by atoms with Gasteiger partial charge in [0, 0.05) is 5.41 Å². The first-order chi connectivity index (χ1) is 7.79. The molecule has 1 heteroatoms. The molecule has 2 aliphatic rings. The van der Waals surface area contributed by atoms with Crippen LogP contribution in [-0.4, -0.2) is 5.78 Å². The van der Waals surface area contributed by atoms with Crippen molar-refractivity contribution in [1.82, 2.24) is 0 Å². The van der Waals surface area contributed by atoms with Crippen molar-refractivity contribution >= 4 is 5.78 Å². The molecule has 0 N–H and O–H groups in total. The molecular weight excluding hydrogens is 208 g/mol. The number of ketones is 1. The molecule has 0 saturated heterocycles. The van der Waals surface area contributed by atoms with Crippen LogP contribution in [0.1, 0.15) is 66.7 Å². The second kappa shape index (κ2) is 3.96. The third kappa shape index (κ3) is 1.88. The normalized spacial score (nSPS) is 36.6. The van der Waals surface area contributed by atoms with Gasteiger partial charge in [-0.25, -0.2) is 0 Å². The van der Waals surface area contributed by atoms with E-state index in [2.05, 4.69) is 27.7 Å². The average molecular weight is 234 g/mol. The van der Waals surface area contributed by atoms with Crippen molar-refractivity contribution in [2.75, 3.05) is 0 Å². The highest BCUT2D eigenvalue weighted by Gasteiger charge is 2.46. The third-order valence-electron chi connectivity index (χ3n) is 5.53. The molecule has 0 heterocycles.